The third kappa shape index (κ3) is 2.04. The molecular weight excluding hydrogens is 188 g/mol. The van der Waals surface area contributed by atoms with E-state index in [1.807, 2.05) is 36.4 Å². The Balaban J connectivity index is 2.38. The van der Waals surface area contributed by atoms with Crippen LogP contribution in [0.4, 0.5) is 0 Å². The SMILES string of the molecule is N=NC(c1ccccn1)c1ccccn1. The quantitative estimate of drug-likeness (QED) is 0.770. The number of pyridine rings is 2. The Kier molecular flexibility index (Phi) is 2.78. The second kappa shape index (κ2) is 4.41. The lowest BCUT2D eigenvalue weighted by Crippen LogP contribution is -2.01. The van der Waals surface area contributed by atoms with Crippen LogP contribution in [0.25, 0.3) is 0 Å². The molecule has 0 spiro atoms. The zero-order chi connectivity index (χ0) is 10.5. The summed E-state index contributed by atoms with van der Waals surface area (Å²) >= 11 is 0. The first-order valence-electron chi connectivity index (χ1n) is 4.60. The molecule has 2 aromatic heterocycles. The summed E-state index contributed by atoms with van der Waals surface area (Å²) in [5.41, 5.74) is 8.66. The molecule has 0 fully saturated rings. The second-order valence-corrected chi connectivity index (χ2v) is 3.04. The van der Waals surface area contributed by atoms with Crippen molar-refractivity contribution in [2.45, 2.75) is 6.04 Å². The largest absolute Gasteiger partial charge is 0.259 e. The van der Waals surface area contributed by atoms with Crippen molar-refractivity contribution >= 4 is 0 Å². The normalized spacial score (nSPS) is 10.2. The van der Waals surface area contributed by atoms with E-state index in [1.54, 1.807) is 12.4 Å². The summed E-state index contributed by atoms with van der Waals surface area (Å²) in [7, 11) is 0. The van der Waals surface area contributed by atoms with Crippen LogP contribution in [0, 0.1) is 5.53 Å². The molecule has 0 bridgehead atoms. The summed E-state index contributed by atoms with van der Waals surface area (Å²) < 4.78 is 0. The summed E-state index contributed by atoms with van der Waals surface area (Å²) in [6, 6.07) is 10.7. The van der Waals surface area contributed by atoms with Crippen LogP contribution in [-0.2, 0) is 0 Å². The van der Waals surface area contributed by atoms with Gasteiger partial charge >= 0.3 is 0 Å². The third-order valence-electron chi connectivity index (χ3n) is 2.06. The minimum atomic E-state index is -0.396. The average molecular weight is 198 g/mol. The topological polar surface area (TPSA) is 62.0 Å². The van der Waals surface area contributed by atoms with E-state index in [0.717, 1.165) is 11.4 Å². The Bertz CT molecular complexity index is 387. The van der Waals surface area contributed by atoms with Crippen molar-refractivity contribution in [1.82, 2.24) is 9.97 Å². The molecule has 4 heteroatoms. The first kappa shape index (κ1) is 9.45. The zero-order valence-electron chi connectivity index (χ0n) is 8.04. The molecule has 0 aromatic carbocycles. The number of rotatable bonds is 3. The van der Waals surface area contributed by atoms with E-state index >= 15 is 0 Å². The van der Waals surface area contributed by atoms with Crippen molar-refractivity contribution in [2.75, 3.05) is 0 Å². The van der Waals surface area contributed by atoms with E-state index < -0.39 is 6.04 Å². The van der Waals surface area contributed by atoms with Gasteiger partial charge in [-0.15, -0.1) is 0 Å². The highest BCUT2D eigenvalue weighted by Gasteiger charge is 2.14. The van der Waals surface area contributed by atoms with E-state index in [4.69, 9.17) is 5.53 Å². The van der Waals surface area contributed by atoms with Gasteiger partial charge in [-0.05, 0) is 24.3 Å². The van der Waals surface area contributed by atoms with E-state index in [1.165, 1.54) is 0 Å². The second-order valence-electron chi connectivity index (χ2n) is 3.04. The summed E-state index contributed by atoms with van der Waals surface area (Å²) in [5, 5.41) is 3.55. The lowest BCUT2D eigenvalue weighted by molar-refractivity contribution is 0.725. The minimum Gasteiger partial charge on any atom is -0.259 e. The Labute approximate surface area is 87.5 Å². The van der Waals surface area contributed by atoms with Gasteiger partial charge in [0.05, 0.1) is 11.4 Å². The maximum absolute atomic E-state index is 7.18. The first-order chi connectivity index (χ1) is 7.42. The fraction of sp³-hybridized carbons (Fsp3) is 0.0909. The van der Waals surface area contributed by atoms with Gasteiger partial charge in [-0.2, -0.15) is 5.11 Å². The fourth-order valence-electron chi connectivity index (χ4n) is 1.36. The predicted molar refractivity (Wildman–Crippen MR) is 55.5 cm³/mol. The van der Waals surface area contributed by atoms with Crippen molar-refractivity contribution in [2.24, 2.45) is 5.11 Å². The number of nitrogens with zero attached hydrogens (tertiary/aromatic N) is 3. The zero-order valence-corrected chi connectivity index (χ0v) is 8.04. The molecule has 0 aliphatic carbocycles. The minimum absolute atomic E-state index is 0.396. The molecule has 2 heterocycles. The molecule has 0 atom stereocenters. The van der Waals surface area contributed by atoms with Crippen molar-refractivity contribution in [1.29, 1.82) is 5.53 Å². The predicted octanol–water partition coefficient (Wildman–Crippen LogP) is 2.60. The summed E-state index contributed by atoms with van der Waals surface area (Å²) in [6.45, 7) is 0. The highest BCUT2D eigenvalue weighted by atomic mass is 15.0. The molecule has 74 valence electrons. The molecule has 0 aliphatic heterocycles. The van der Waals surface area contributed by atoms with Gasteiger partial charge in [0.25, 0.3) is 0 Å². The van der Waals surface area contributed by atoms with E-state index in [2.05, 4.69) is 15.1 Å². The van der Waals surface area contributed by atoms with E-state index in [-0.39, 0.29) is 0 Å². The maximum atomic E-state index is 7.18. The van der Waals surface area contributed by atoms with Crippen LogP contribution >= 0.6 is 0 Å². The molecule has 0 radical (unpaired) electrons. The number of hydrogen-bond donors (Lipinski definition) is 1. The van der Waals surface area contributed by atoms with Crippen LogP contribution in [-0.4, -0.2) is 9.97 Å². The molecule has 4 nitrogen and oxygen atoms in total. The smallest absolute Gasteiger partial charge is 0.154 e. The fourth-order valence-corrected chi connectivity index (χ4v) is 1.36. The van der Waals surface area contributed by atoms with Crippen molar-refractivity contribution in [3.8, 4) is 0 Å². The van der Waals surface area contributed by atoms with Gasteiger partial charge in [0.2, 0.25) is 0 Å². The van der Waals surface area contributed by atoms with Crippen LogP contribution in [0.2, 0.25) is 0 Å². The van der Waals surface area contributed by atoms with Gasteiger partial charge in [0, 0.05) is 12.4 Å². The Morgan fingerprint density at radius 3 is 1.80 bits per heavy atom. The highest BCUT2D eigenvalue weighted by Crippen LogP contribution is 2.21. The van der Waals surface area contributed by atoms with Crippen molar-refractivity contribution < 1.29 is 0 Å². The molecule has 15 heavy (non-hydrogen) atoms. The standard InChI is InChI=1S/C11H10N4/c12-15-11(9-5-1-3-7-13-9)10-6-2-4-8-14-10/h1-8,11-12H. The Hall–Kier alpha value is -2.10. The van der Waals surface area contributed by atoms with Gasteiger partial charge in [0.15, 0.2) is 6.04 Å². The summed E-state index contributed by atoms with van der Waals surface area (Å²) in [6.07, 6.45) is 3.38. The lowest BCUT2D eigenvalue weighted by Gasteiger charge is -2.08. The number of aromatic nitrogens is 2. The van der Waals surface area contributed by atoms with Gasteiger partial charge < -0.3 is 0 Å². The molecule has 0 unspecified atom stereocenters. The van der Waals surface area contributed by atoms with Crippen LogP contribution < -0.4 is 0 Å². The molecule has 0 aliphatic rings. The molecule has 0 saturated carbocycles. The number of hydrogen-bond acceptors (Lipinski definition) is 4. The number of nitrogens with one attached hydrogen (secondary N) is 1. The monoisotopic (exact) mass is 198 g/mol. The van der Waals surface area contributed by atoms with Crippen molar-refractivity contribution in [3.05, 3.63) is 60.2 Å². The van der Waals surface area contributed by atoms with Gasteiger partial charge in [-0.25, -0.2) is 5.53 Å². The molecular formula is C11H10N4. The first-order valence-corrected chi connectivity index (χ1v) is 4.60. The third-order valence-corrected chi connectivity index (χ3v) is 2.06. The molecule has 2 aromatic rings. The highest BCUT2D eigenvalue weighted by molar-refractivity contribution is 5.21. The Morgan fingerprint density at radius 1 is 0.933 bits per heavy atom. The molecule has 1 N–H and O–H groups in total. The van der Waals surface area contributed by atoms with Crippen LogP contribution in [0.1, 0.15) is 17.4 Å². The molecule has 0 amide bonds. The summed E-state index contributed by atoms with van der Waals surface area (Å²) in [4.78, 5) is 8.35. The van der Waals surface area contributed by atoms with Crippen LogP contribution in [0.3, 0.4) is 0 Å². The van der Waals surface area contributed by atoms with Gasteiger partial charge in [0.1, 0.15) is 0 Å². The molecule has 0 saturated heterocycles. The van der Waals surface area contributed by atoms with Gasteiger partial charge in [-0.1, -0.05) is 12.1 Å². The van der Waals surface area contributed by atoms with Crippen LogP contribution in [0.15, 0.2) is 53.9 Å². The van der Waals surface area contributed by atoms with Crippen molar-refractivity contribution in [3.63, 3.8) is 0 Å². The lowest BCUT2D eigenvalue weighted by atomic mass is 10.1. The average Bonchev–Trinajstić information content (AvgIpc) is 2.33. The Morgan fingerprint density at radius 2 is 1.47 bits per heavy atom. The van der Waals surface area contributed by atoms with Gasteiger partial charge in [-0.3, -0.25) is 9.97 Å². The molecule has 2 rings (SSSR count). The maximum Gasteiger partial charge on any atom is 0.154 e. The summed E-state index contributed by atoms with van der Waals surface area (Å²) in [5.74, 6) is 0. The van der Waals surface area contributed by atoms with E-state index in [0.29, 0.717) is 0 Å². The van der Waals surface area contributed by atoms with Crippen LogP contribution in [0.5, 0.6) is 0 Å². The van der Waals surface area contributed by atoms with E-state index in [9.17, 15) is 0 Å².